The summed E-state index contributed by atoms with van der Waals surface area (Å²) in [7, 11) is 1.69. The Morgan fingerprint density at radius 1 is 0.955 bits per heavy atom. The number of hydrogen-bond donors (Lipinski definition) is 1. The Labute approximate surface area is 131 Å². The van der Waals surface area contributed by atoms with Crippen molar-refractivity contribution in [1.29, 1.82) is 0 Å². The van der Waals surface area contributed by atoms with Crippen molar-refractivity contribution in [2.24, 2.45) is 0 Å². The molecule has 3 rings (SSSR count). The van der Waals surface area contributed by atoms with Crippen LogP contribution in [0.5, 0.6) is 5.75 Å². The van der Waals surface area contributed by atoms with Gasteiger partial charge in [0, 0.05) is 16.8 Å². The number of nitrogens with one attached hydrogen (secondary N) is 1. The van der Waals surface area contributed by atoms with Crippen molar-refractivity contribution in [2.75, 3.05) is 12.4 Å². The number of hydrogen-bond acceptors (Lipinski definition) is 3. The van der Waals surface area contributed by atoms with Crippen molar-refractivity contribution in [3.05, 3.63) is 59.3 Å². The molecule has 0 aliphatic heterocycles. The van der Waals surface area contributed by atoms with Gasteiger partial charge < -0.3 is 10.1 Å². The molecule has 2 aromatic carbocycles. The third kappa shape index (κ3) is 2.62. The van der Waals surface area contributed by atoms with Crippen molar-refractivity contribution >= 4 is 22.3 Å². The van der Waals surface area contributed by atoms with E-state index in [0.717, 1.165) is 33.7 Å². The second kappa shape index (κ2) is 5.68. The molecule has 0 aliphatic rings. The number of methoxy groups -OCH3 is 1. The van der Waals surface area contributed by atoms with E-state index in [1.807, 2.05) is 31.2 Å². The summed E-state index contributed by atoms with van der Waals surface area (Å²) in [5.74, 6) is 0.828. The van der Waals surface area contributed by atoms with Gasteiger partial charge in [-0.1, -0.05) is 23.8 Å². The Balaban J connectivity index is 2.18. The molecule has 0 bridgehead atoms. The normalized spacial score (nSPS) is 10.7. The molecule has 0 saturated heterocycles. The molecular formula is C19H20N2O. The van der Waals surface area contributed by atoms with Gasteiger partial charge in [0.05, 0.1) is 18.3 Å². The number of anilines is 2. The van der Waals surface area contributed by atoms with E-state index >= 15 is 0 Å². The number of benzene rings is 2. The molecule has 0 fully saturated rings. The summed E-state index contributed by atoms with van der Waals surface area (Å²) in [4.78, 5) is 4.69. The Kier molecular flexibility index (Phi) is 3.72. The molecular weight excluding hydrogens is 272 g/mol. The maximum atomic E-state index is 5.43. The van der Waals surface area contributed by atoms with E-state index in [-0.39, 0.29) is 0 Å². The number of aryl methyl sites for hydroxylation is 3. The molecule has 112 valence electrons. The van der Waals surface area contributed by atoms with Crippen molar-refractivity contribution in [3.63, 3.8) is 0 Å². The van der Waals surface area contributed by atoms with E-state index in [1.54, 1.807) is 7.11 Å². The van der Waals surface area contributed by atoms with E-state index in [2.05, 4.69) is 42.3 Å². The predicted molar refractivity (Wildman–Crippen MR) is 92.2 cm³/mol. The Morgan fingerprint density at radius 3 is 2.50 bits per heavy atom. The van der Waals surface area contributed by atoms with Crippen LogP contribution in [0, 0.1) is 20.8 Å². The highest BCUT2D eigenvalue weighted by Crippen LogP contribution is 2.32. The van der Waals surface area contributed by atoms with E-state index in [1.165, 1.54) is 11.1 Å². The molecule has 1 N–H and O–H groups in total. The first-order valence-electron chi connectivity index (χ1n) is 7.37. The number of pyridine rings is 1. The van der Waals surface area contributed by atoms with Gasteiger partial charge in [-0.3, -0.25) is 4.98 Å². The zero-order valence-electron chi connectivity index (χ0n) is 13.4. The smallest absolute Gasteiger partial charge is 0.142 e. The molecule has 0 unspecified atom stereocenters. The van der Waals surface area contributed by atoms with E-state index < -0.39 is 0 Å². The summed E-state index contributed by atoms with van der Waals surface area (Å²) in [5.41, 5.74) is 6.48. The minimum absolute atomic E-state index is 0.828. The molecule has 22 heavy (non-hydrogen) atoms. The third-order valence-corrected chi connectivity index (χ3v) is 3.75. The first-order chi connectivity index (χ1) is 10.6. The minimum Gasteiger partial charge on any atom is -0.495 e. The Bertz CT molecular complexity index is 840. The first-order valence-corrected chi connectivity index (χ1v) is 7.37. The number of fused-ring (bicyclic) bond motifs is 1. The number of para-hydroxylation sites is 2. The second-order valence-electron chi connectivity index (χ2n) is 5.61. The maximum absolute atomic E-state index is 5.43. The second-order valence-corrected chi connectivity index (χ2v) is 5.61. The number of nitrogens with zero attached hydrogens (tertiary/aromatic N) is 1. The van der Waals surface area contributed by atoms with E-state index in [4.69, 9.17) is 4.74 Å². The van der Waals surface area contributed by atoms with Crippen molar-refractivity contribution in [2.45, 2.75) is 20.8 Å². The van der Waals surface area contributed by atoms with Crippen LogP contribution in [-0.4, -0.2) is 12.1 Å². The monoisotopic (exact) mass is 292 g/mol. The Morgan fingerprint density at radius 2 is 1.73 bits per heavy atom. The first kappa shape index (κ1) is 14.4. The van der Waals surface area contributed by atoms with Crippen LogP contribution in [-0.2, 0) is 0 Å². The van der Waals surface area contributed by atoms with Gasteiger partial charge in [-0.25, -0.2) is 0 Å². The van der Waals surface area contributed by atoms with Gasteiger partial charge in [0.25, 0.3) is 0 Å². The molecule has 3 heteroatoms. The fourth-order valence-corrected chi connectivity index (χ4v) is 2.81. The van der Waals surface area contributed by atoms with Crippen molar-refractivity contribution < 1.29 is 4.74 Å². The highest BCUT2D eigenvalue weighted by Gasteiger charge is 2.09. The molecule has 0 radical (unpaired) electrons. The lowest BCUT2D eigenvalue weighted by molar-refractivity contribution is 0.417. The van der Waals surface area contributed by atoms with Crippen molar-refractivity contribution in [1.82, 2.24) is 4.98 Å². The summed E-state index contributed by atoms with van der Waals surface area (Å²) in [6, 6.07) is 14.4. The maximum Gasteiger partial charge on any atom is 0.142 e. The van der Waals surface area contributed by atoms with Gasteiger partial charge in [-0.05, 0) is 50.6 Å². The minimum atomic E-state index is 0.828. The highest BCUT2D eigenvalue weighted by atomic mass is 16.5. The molecule has 1 heterocycles. The summed E-state index contributed by atoms with van der Waals surface area (Å²) in [6.45, 7) is 6.24. The lowest BCUT2D eigenvalue weighted by Gasteiger charge is -2.15. The van der Waals surface area contributed by atoms with Crippen LogP contribution in [0.1, 0.15) is 16.8 Å². The van der Waals surface area contributed by atoms with Gasteiger partial charge in [0.1, 0.15) is 5.75 Å². The fourth-order valence-electron chi connectivity index (χ4n) is 2.81. The van der Waals surface area contributed by atoms with E-state index in [0.29, 0.717) is 0 Å². The van der Waals surface area contributed by atoms with Crippen LogP contribution in [0.3, 0.4) is 0 Å². The molecule has 3 aromatic rings. The van der Waals surface area contributed by atoms with Crippen molar-refractivity contribution in [3.8, 4) is 5.75 Å². The summed E-state index contributed by atoms with van der Waals surface area (Å²) in [6.07, 6.45) is 0. The summed E-state index contributed by atoms with van der Waals surface area (Å²) < 4.78 is 5.43. The van der Waals surface area contributed by atoms with Gasteiger partial charge in [0.15, 0.2) is 0 Å². The average Bonchev–Trinajstić information content (AvgIpc) is 2.49. The average molecular weight is 292 g/mol. The fraction of sp³-hybridized carbons (Fsp3) is 0.211. The topological polar surface area (TPSA) is 34.1 Å². The zero-order chi connectivity index (χ0) is 15.7. The summed E-state index contributed by atoms with van der Waals surface area (Å²) in [5, 5.41) is 4.63. The number of ether oxygens (including phenoxy) is 1. The standard InChI is InChI=1S/C19H20N2O/c1-12-9-13(2)19-15(10-12)17(11-14(3)20-19)21-16-7-5-6-8-18(16)22-4/h5-11H,1-4H3,(H,20,21). The van der Waals surface area contributed by atoms with Crippen LogP contribution in [0.4, 0.5) is 11.4 Å². The number of aromatic nitrogens is 1. The largest absolute Gasteiger partial charge is 0.495 e. The van der Waals surface area contributed by atoms with Crippen LogP contribution in [0.2, 0.25) is 0 Å². The number of rotatable bonds is 3. The van der Waals surface area contributed by atoms with Gasteiger partial charge in [-0.2, -0.15) is 0 Å². The molecule has 0 saturated carbocycles. The van der Waals surface area contributed by atoms with Gasteiger partial charge >= 0.3 is 0 Å². The molecule has 0 spiro atoms. The van der Waals surface area contributed by atoms with Gasteiger partial charge in [-0.15, -0.1) is 0 Å². The molecule has 0 aliphatic carbocycles. The highest BCUT2D eigenvalue weighted by molar-refractivity contribution is 5.95. The Hall–Kier alpha value is -2.55. The quantitative estimate of drug-likeness (QED) is 0.744. The zero-order valence-corrected chi connectivity index (χ0v) is 13.4. The van der Waals surface area contributed by atoms with Crippen LogP contribution >= 0.6 is 0 Å². The van der Waals surface area contributed by atoms with Crippen LogP contribution in [0.15, 0.2) is 42.5 Å². The molecule has 3 nitrogen and oxygen atoms in total. The lowest BCUT2D eigenvalue weighted by atomic mass is 10.0. The van der Waals surface area contributed by atoms with Crippen LogP contribution in [0.25, 0.3) is 10.9 Å². The molecule has 0 amide bonds. The predicted octanol–water partition coefficient (Wildman–Crippen LogP) is 4.91. The SMILES string of the molecule is COc1ccccc1Nc1cc(C)nc2c(C)cc(C)cc12. The van der Waals surface area contributed by atoms with Crippen LogP contribution < -0.4 is 10.1 Å². The third-order valence-electron chi connectivity index (χ3n) is 3.75. The molecule has 1 aromatic heterocycles. The lowest BCUT2D eigenvalue weighted by Crippen LogP contribution is -1.98. The summed E-state index contributed by atoms with van der Waals surface area (Å²) >= 11 is 0. The van der Waals surface area contributed by atoms with Gasteiger partial charge in [0.2, 0.25) is 0 Å². The van der Waals surface area contributed by atoms with E-state index in [9.17, 15) is 0 Å². The molecule has 0 atom stereocenters.